The first kappa shape index (κ1) is 15.7. The number of aromatic amines is 1. The van der Waals surface area contributed by atoms with Crippen LogP contribution in [-0.2, 0) is 0 Å². The van der Waals surface area contributed by atoms with Crippen molar-refractivity contribution in [2.45, 2.75) is 40.0 Å². The number of fused-ring (bicyclic) bond motifs is 2. The number of aliphatic hydroxyl groups excluding tert-OH is 1. The van der Waals surface area contributed by atoms with Crippen LogP contribution in [0.1, 0.15) is 46.4 Å². The molecule has 1 saturated heterocycles. The summed E-state index contributed by atoms with van der Waals surface area (Å²) in [6, 6.07) is 4.30. The first-order valence-electron chi connectivity index (χ1n) is 8.95. The van der Waals surface area contributed by atoms with Gasteiger partial charge in [-0.3, -0.25) is 4.79 Å². The van der Waals surface area contributed by atoms with Crippen molar-refractivity contribution >= 4 is 16.8 Å². The highest BCUT2D eigenvalue weighted by atomic mass is 16.3. The molecule has 0 spiro atoms. The van der Waals surface area contributed by atoms with E-state index >= 15 is 0 Å². The van der Waals surface area contributed by atoms with E-state index in [0.29, 0.717) is 18.2 Å². The highest BCUT2D eigenvalue weighted by Gasteiger charge is 2.50. The maximum atomic E-state index is 13.1. The van der Waals surface area contributed by atoms with Gasteiger partial charge in [0.2, 0.25) is 0 Å². The van der Waals surface area contributed by atoms with Crippen molar-refractivity contribution in [3.8, 4) is 0 Å². The van der Waals surface area contributed by atoms with Crippen molar-refractivity contribution < 1.29 is 9.90 Å². The molecule has 2 aromatic rings. The Hall–Kier alpha value is -1.81. The Morgan fingerprint density at radius 3 is 2.88 bits per heavy atom. The van der Waals surface area contributed by atoms with Gasteiger partial charge in [-0.05, 0) is 56.7 Å². The normalized spacial score (nSPS) is 26.3. The Morgan fingerprint density at radius 2 is 2.17 bits per heavy atom. The molecular formula is C20H26N2O2. The molecule has 2 fully saturated rings. The van der Waals surface area contributed by atoms with E-state index in [1.807, 2.05) is 11.8 Å². The Kier molecular flexibility index (Phi) is 3.50. The van der Waals surface area contributed by atoms with Crippen LogP contribution >= 0.6 is 0 Å². The summed E-state index contributed by atoms with van der Waals surface area (Å²) in [6.45, 7) is 7.88. The van der Waals surface area contributed by atoms with Gasteiger partial charge in [0.05, 0.1) is 6.61 Å². The number of rotatable bonds is 2. The molecule has 1 amide bonds. The molecule has 1 aliphatic heterocycles. The SMILES string of the molecule is Cc1cc(C)c2[nH]c(C(=O)N3C[C@H]4CCC[C@@]4(CO)C3)c(C)c2c1. The second kappa shape index (κ2) is 5.35. The zero-order valence-electron chi connectivity index (χ0n) is 14.8. The first-order valence-corrected chi connectivity index (χ1v) is 8.95. The van der Waals surface area contributed by atoms with Gasteiger partial charge in [0.15, 0.2) is 0 Å². The average Bonchev–Trinajstić information content (AvgIpc) is 3.18. The molecule has 24 heavy (non-hydrogen) atoms. The molecule has 1 aromatic heterocycles. The molecule has 1 aromatic carbocycles. The number of benzene rings is 1. The van der Waals surface area contributed by atoms with E-state index in [9.17, 15) is 9.90 Å². The van der Waals surface area contributed by atoms with Gasteiger partial charge in [-0.25, -0.2) is 0 Å². The molecule has 4 nitrogen and oxygen atoms in total. The highest BCUT2D eigenvalue weighted by Crippen LogP contribution is 2.48. The Balaban J connectivity index is 1.70. The summed E-state index contributed by atoms with van der Waals surface area (Å²) in [5, 5.41) is 11.0. The van der Waals surface area contributed by atoms with Crippen molar-refractivity contribution in [2.24, 2.45) is 11.3 Å². The Bertz CT molecular complexity index is 823. The third-order valence-corrected chi connectivity index (χ3v) is 6.36. The lowest BCUT2D eigenvalue weighted by atomic mass is 9.82. The van der Waals surface area contributed by atoms with Gasteiger partial charge < -0.3 is 15.0 Å². The molecule has 1 saturated carbocycles. The minimum atomic E-state index is -0.0535. The number of amides is 1. The number of aryl methyl sites for hydroxylation is 3. The molecule has 0 unspecified atom stereocenters. The van der Waals surface area contributed by atoms with E-state index in [4.69, 9.17) is 0 Å². The summed E-state index contributed by atoms with van der Waals surface area (Å²) in [7, 11) is 0. The lowest BCUT2D eigenvalue weighted by Gasteiger charge is -2.25. The number of nitrogens with zero attached hydrogens (tertiary/aromatic N) is 1. The molecule has 2 aliphatic rings. The largest absolute Gasteiger partial charge is 0.396 e. The van der Waals surface area contributed by atoms with Crippen LogP contribution < -0.4 is 0 Å². The molecule has 0 bridgehead atoms. The Labute approximate surface area is 142 Å². The fourth-order valence-electron chi connectivity index (χ4n) is 4.98. The third kappa shape index (κ3) is 2.12. The zero-order chi connectivity index (χ0) is 17.1. The average molecular weight is 326 g/mol. The van der Waals surface area contributed by atoms with Gasteiger partial charge in [0, 0.05) is 29.4 Å². The van der Waals surface area contributed by atoms with Crippen molar-refractivity contribution in [2.75, 3.05) is 19.7 Å². The summed E-state index contributed by atoms with van der Waals surface area (Å²) in [6.07, 6.45) is 3.35. The van der Waals surface area contributed by atoms with E-state index in [0.717, 1.165) is 35.9 Å². The first-order chi connectivity index (χ1) is 11.4. The molecule has 128 valence electrons. The molecule has 2 heterocycles. The number of hydrogen-bond acceptors (Lipinski definition) is 2. The second-order valence-corrected chi connectivity index (χ2v) is 7.92. The smallest absolute Gasteiger partial charge is 0.270 e. The van der Waals surface area contributed by atoms with Gasteiger partial charge in [-0.2, -0.15) is 0 Å². The summed E-state index contributed by atoms with van der Waals surface area (Å²) in [5.74, 6) is 0.545. The van der Waals surface area contributed by atoms with Gasteiger partial charge in [-0.15, -0.1) is 0 Å². The predicted octanol–water partition coefficient (Wildman–Crippen LogP) is 3.33. The number of H-pyrrole nitrogens is 1. The third-order valence-electron chi connectivity index (χ3n) is 6.36. The number of hydrogen-bond donors (Lipinski definition) is 2. The lowest BCUT2D eigenvalue weighted by Crippen LogP contribution is -2.34. The van der Waals surface area contributed by atoms with Crippen molar-refractivity contribution in [3.63, 3.8) is 0 Å². The van der Waals surface area contributed by atoms with E-state index < -0.39 is 0 Å². The summed E-state index contributed by atoms with van der Waals surface area (Å²) in [5.41, 5.74) is 5.16. The topological polar surface area (TPSA) is 56.3 Å². The van der Waals surface area contributed by atoms with E-state index in [1.165, 1.54) is 17.5 Å². The maximum absolute atomic E-state index is 13.1. The minimum Gasteiger partial charge on any atom is -0.396 e. The summed E-state index contributed by atoms with van der Waals surface area (Å²) >= 11 is 0. The molecule has 2 atom stereocenters. The fourth-order valence-corrected chi connectivity index (χ4v) is 4.98. The van der Waals surface area contributed by atoms with Crippen LogP contribution in [0.3, 0.4) is 0 Å². The molecule has 1 aliphatic carbocycles. The zero-order valence-corrected chi connectivity index (χ0v) is 14.8. The molecule has 2 N–H and O–H groups in total. The van der Waals surface area contributed by atoms with E-state index in [-0.39, 0.29) is 17.9 Å². The van der Waals surface area contributed by atoms with Gasteiger partial charge in [-0.1, -0.05) is 18.1 Å². The number of carbonyl (C=O) groups excluding carboxylic acids is 1. The van der Waals surface area contributed by atoms with Crippen LogP contribution in [0.4, 0.5) is 0 Å². The monoisotopic (exact) mass is 326 g/mol. The van der Waals surface area contributed by atoms with Crippen molar-refractivity contribution in [1.82, 2.24) is 9.88 Å². The van der Waals surface area contributed by atoms with Crippen LogP contribution in [0, 0.1) is 32.1 Å². The number of carbonyl (C=O) groups is 1. The van der Waals surface area contributed by atoms with Crippen molar-refractivity contribution in [1.29, 1.82) is 0 Å². The van der Waals surface area contributed by atoms with Gasteiger partial charge >= 0.3 is 0 Å². The molecule has 4 rings (SSSR count). The van der Waals surface area contributed by atoms with Crippen LogP contribution in [-0.4, -0.2) is 40.6 Å². The van der Waals surface area contributed by atoms with Crippen LogP contribution in [0.15, 0.2) is 12.1 Å². The predicted molar refractivity (Wildman–Crippen MR) is 95.3 cm³/mol. The van der Waals surface area contributed by atoms with E-state index in [1.54, 1.807) is 0 Å². The number of nitrogens with one attached hydrogen (secondary N) is 1. The second-order valence-electron chi connectivity index (χ2n) is 7.92. The molecular weight excluding hydrogens is 300 g/mol. The molecule has 0 radical (unpaired) electrons. The quantitative estimate of drug-likeness (QED) is 0.889. The van der Waals surface area contributed by atoms with Crippen LogP contribution in [0.25, 0.3) is 10.9 Å². The van der Waals surface area contributed by atoms with Crippen LogP contribution in [0.2, 0.25) is 0 Å². The number of aromatic nitrogens is 1. The Morgan fingerprint density at radius 1 is 1.38 bits per heavy atom. The maximum Gasteiger partial charge on any atom is 0.270 e. The van der Waals surface area contributed by atoms with Crippen LogP contribution in [0.5, 0.6) is 0 Å². The standard InChI is InChI=1S/C20H26N2O2/c1-12-7-13(2)17-16(8-12)14(3)18(21-17)19(24)22-9-15-5-4-6-20(15,10-22)11-23/h7-8,15,21,23H,4-6,9-11H2,1-3H3/t15-,20+/m1/s1. The van der Waals surface area contributed by atoms with Gasteiger partial charge in [0.1, 0.15) is 5.69 Å². The fraction of sp³-hybridized carbons (Fsp3) is 0.550. The summed E-state index contributed by atoms with van der Waals surface area (Å²) in [4.78, 5) is 18.5. The highest BCUT2D eigenvalue weighted by molar-refractivity contribution is 6.02. The van der Waals surface area contributed by atoms with E-state index in [2.05, 4.69) is 31.0 Å². The number of likely N-dealkylation sites (tertiary alicyclic amines) is 1. The molecule has 4 heteroatoms. The lowest BCUT2D eigenvalue weighted by molar-refractivity contribution is 0.0729. The number of aliphatic hydroxyl groups is 1. The minimum absolute atomic E-state index is 0.0535. The van der Waals surface area contributed by atoms with Crippen molar-refractivity contribution in [3.05, 3.63) is 34.5 Å². The summed E-state index contributed by atoms with van der Waals surface area (Å²) < 4.78 is 0. The van der Waals surface area contributed by atoms with Gasteiger partial charge in [0.25, 0.3) is 5.91 Å².